The van der Waals surface area contributed by atoms with Crippen molar-refractivity contribution in [2.24, 2.45) is 0 Å². The molecule has 0 unspecified atom stereocenters. The Balaban J connectivity index is 2.73. The summed E-state index contributed by atoms with van der Waals surface area (Å²) in [5.74, 6) is 0.860. The molecule has 0 radical (unpaired) electrons. The molecular weight excluding hydrogens is 244 g/mol. The van der Waals surface area contributed by atoms with E-state index in [0.29, 0.717) is 18.8 Å². The molecule has 0 atom stereocenters. The molecule has 0 aliphatic heterocycles. The number of hydrogen-bond donors (Lipinski definition) is 1. The second-order valence-electron chi connectivity index (χ2n) is 4.59. The molecule has 1 rings (SSSR count). The van der Waals surface area contributed by atoms with E-state index in [1.165, 1.54) is 0 Å². The third kappa shape index (κ3) is 4.44. The Hall–Kier alpha value is -1.75. The first kappa shape index (κ1) is 15.3. The van der Waals surface area contributed by atoms with Gasteiger partial charge < -0.3 is 14.7 Å². The van der Waals surface area contributed by atoms with Crippen LogP contribution in [-0.4, -0.2) is 55.1 Å². The molecule has 0 aromatic heterocycles. The third-order valence-corrected chi connectivity index (χ3v) is 2.99. The van der Waals surface area contributed by atoms with Crippen LogP contribution >= 0.6 is 0 Å². The van der Waals surface area contributed by atoms with Crippen LogP contribution in [-0.2, 0) is 11.3 Å². The summed E-state index contributed by atoms with van der Waals surface area (Å²) in [6.07, 6.45) is 0. The Labute approximate surface area is 114 Å². The van der Waals surface area contributed by atoms with Gasteiger partial charge in [0, 0.05) is 32.3 Å². The van der Waals surface area contributed by atoms with Crippen LogP contribution in [0.1, 0.15) is 12.5 Å². The van der Waals surface area contributed by atoms with Crippen molar-refractivity contribution in [2.45, 2.75) is 13.5 Å². The fraction of sp³-hybridized carbons (Fsp3) is 0.500. The average Bonchev–Trinajstić information content (AvgIpc) is 2.39. The first-order valence-corrected chi connectivity index (χ1v) is 6.26. The number of aromatic hydroxyl groups is 1. The molecule has 0 saturated carbocycles. The van der Waals surface area contributed by atoms with Gasteiger partial charge in [-0.25, -0.2) is 0 Å². The summed E-state index contributed by atoms with van der Waals surface area (Å²) >= 11 is 0. The predicted molar refractivity (Wildman–Crippen MR) is 74.3 cm³/mol. The molecule has 0 aliphatic rings. The van der Waals surface area contributed by atoms with Crippen LogP contribution in [0.2, 0.25) is 0 Å². The first-order valence-electron chi connectivity index (χ1n) is 6.26. The van der Waals surface area contributed by atoms with Crippen molar-refractivity contribution >= 4 is 5.91 Å². The number of methoxy groups -OCH3 is 1. The van der Waals surface area contributed by atoms with Gasteiger partial charge in [0.05, 0.1) is 13.7 Å². The van der Waals surface area contributed by atoms with Crippen LogP contribution in [0.5, 0.6) is 11.5 Å². The standard InChI is InChI=1S/C14H22N2O3/c1-5-16(10-14(18)15(2)3)9-11-6-7-12(19-4)8-13(11)17/h6-8,17H,5,9-10H2,1-4H3. The molecule has 0 fully saturated rings. The lowest BCUT2D eigenvalue weighted by Gasteiger charge is -2.22. The maximum absolute atomic E-state index is 11.7. The number of carbonyl (C=O) groups excluding carboxylic acids is 1. The molecule has 1 amide bonds. The summed E-state index contributed by atoms with van der Waals surface area (Å²) in [6.45, 7) is 3.61. The van der Waals surface area contributed by atoms with E-state index < -0.39 is 0 Å². The number of nitrogens with zero attached hydrogens (tertiary/aromatic N) is 2. The molecular formula is C14H22N2O3. The van der Waals surface area contributed by atoms with Gasteiger partial charge in [-0.2, -0.15) is 0 Å². The number of rotatable bonds is 6. The van der Waals surface area contributed by atoms with Gasteiger partial charge in [-0.1, -0.05) is 13.0 Å². The summed E-state index contributed by atoms with van der Waals surface area (Å²) in [5, 5.41) is 9.91. The zero-order valence-electron chi connectivity index (χ0n) is 12.0. The van der Waals surface area contributed by atoms with E-state index in [4.69, 9.17) is 4.74 Å². The van der Waals surface area contributed by atoms with Crippen molar-refractivity contribution in [3.63, 3.8) is 0 Å². The number of benzene rings is 1. The molecule has 0 saturated heterocycles. The highest BCUT2D eigenvalue weighted by atomic mass is 16.5. The minimum atomic E-state index is 0.0508. The lowest BCUT2D eigenvalue weighted by Crippen LogP contribution is -2.36. The minimum Gasteiger partial charge on any atom is -0.507 e. The summed E-state index contributed by atoms with van der Waals surface area (Å²) < 4.78 is 5.04. The fourth-order valence-electron chi connectivity index (χ4n) is 1.66. The highest BCUT2D eigenvalue weighted by Gasteiger charge is 2.13. The molecule has 106 valence electrons. The molecule has 1 aromatic carbocycles. The molecule has 0 bridgehead atoms. The first-order chi connectivity index (χ1) is 8.97. The highest BCUT2D eigenvalue weighted by Crippen LogP contribution is 2.24. The van der Waals surface area contributed by atoms with Gasteiger partial charge in [-0.05, 0) is 12.6 Å². The van der Waals surface area contributed by atoms with Gasteiger partial charge >= 0.3 is 0 Å². The minimum absolute atomic E-state index is 0.0508. The molecule has 19 heavy (non-hydrogen) atoms. The van der Waals surface area contributed by atoms with Crippen LogP contribution in [0.15, 0.2) is 18.2 Å². The van der Waals surface area contributed by atoms with Crippen molar-refractivity contribution in [1.29, 1.82) is 0 Å². The molecule has 5 heteroatoms. The Bertz CT molecular complexity index is 433. The van der Waals surface area contributed by atoms with Crippen molar-refractivity contribution in [2.75, 3.05) is 34.3 Å². The third-order valence-electron chi connectivity index (χ3n) is 2.99. The summed E-state index contributed by atoms with van der Waals surface area (Å²) in [5.41, 5.74) is 0.786. The summed E-state index contributed by atoms with van der Waals surface area (Å²) in [4.78, 5) is 15.2. The number of phenolic OH excluding ortho intramolecular Hbond substituents is 1. The number of phenols is 1. The molecule has 0 aliphatic carbocycles. The highest BCUT2D eigenvalue weighted by molar-refractivity contribution is 5.77. The van der Waals surface area contributed by atoms with Crippen molar-refractivity contribution in [3.05, 3.63) is 23.8 Å². The molecule has 5 nitrogen and oxygen atoms in total. The smallest absolute Gasteiger partial charge is 0.236 e. The summed E-state index contributed by atoms with van der Waals surface area (Å²) in [6, 6.07) is 5.20. The maximum atomic E-state index is 11.7. The van der Waals surface area contributed by atoms with E-state index >= 15 is 0 Å². The number of amides is 1. The summed E-state index contributed by atoms with van der Waals surface area (Å²) in [7, 11) is 5.03. The Kier molecular flexibility index (Phi) is 5.63. The maximum Gasteiger partial charge on any atom is 0.236 e. The van der Waals surface area contributed by atoms with E-state index in [1.807, 2.05) is 17.9 Å². The van der Waals surface area contributed by atoms with Gasteiger partial charge in [0.1, 0.15) is 11.5 Å². The predicted octanol–water partition coefficient (Wildman–Crippen LogP) is 1.31. The van der Waals surface area contributed by atoms with Gasteiger partial charge in [-0.3, -0.25) is 9.69 Å². The van der Waals surface area contributed by atoms with Crippen LogP contribution in [0, 0.1) is 0 Å². The van der Waals surface area contributed by atoms with E-state index in [0.717, 1.165) is 12.1 Å². The van der Waals surface area contributed by atoms with Crippen LogP contribution in [0.25, 0.3) is 0 Å². The molecule has 0 heterocycles. The van der Waals surface area contributed by atoms with Gasteiger partial charge in [-0.15, -0.1) is 0 Å². The van der Waals surface area contributed by atoms with Crippen molar-refractivity contribution in [1.82, 2.24) is 9.80 Å². The lowest BCUT2D eigenvalue weighted by atomic mass is 10.1. The van der Waals surface area contributed by atoms with Gasteiger partial charge in [0.2, 0.25) is 5.91 Å². The van der Waals surface area contributed by atoms with E-state index in [-0.39, 0.29) is 11.7 Å². The largest absolute Gasteiger partial charge is 0.507 e. The number of carbonyl (C=O) groups is 1. The van der Waals surface area contributed by atoms with Crippen LogP contribution in [0.4, 0.5) is 0 Å². The zero-order chi connectivity index (χ0) is 14.4. The fourth-order valence-corrected chi connectivity index (χ4v) is 1.66. The topological polar surface area (TPSA) is 53.0 Å². The second-order valence-corrected chi connectivity index (χ2v) is 4.59. The second kappa shape index (κ2) is 6.99. The monoisotopic (exact) mass is 266 g/mol. The SMILES string of the molecule is CCN(CC(=O)N(C)C)Cc1ccc(OC)cc1O. The zero-order valence-corrected chi connectivity index (χ0v) is 12.0. The van der Waals surface area contributed by atoms with Gasteiger partial charge in [0.15, 0.2) is 0 Å². The van der Waals surface area contributed by atoms with E-state index in [9.17, 15) is 9.90 Å². The number of hydrogen-bond acceptors (Lipinski definition) is 4. The lowest BCUT2D eigenvalue weighted by molar-refractivity contribution is -0.130. The van der Waals surface area contributed by atoms with Crippen LogP contribution in [0.3, 0.4) is 0 Å². The quantitative estimate of drug-likeness (QED) is 0.843. The van der Waals surface area contributed by atoms with Crippen molar-refractivity contribution < 1.29 is 14.6 Å². The Morgan fingerprint density at radius 1 is 1.37 bits per heavy atom. The molecule has 1 aromatic rings. The molecule has 1 N–H and O–H groups in total. The van der Waals surface area contributed by atoms with Crippen LogP contribution < -0.4 is 4.74 Å². The normalized spacial score (nSPS) is 10.6. The Morgan fingerprint density at radius 3 is 2.53 bits per heavy atom. The molecule has 0 spiro atoms. The van der Waals surface area contributed by atoms with E-state index in [1.54, 1.807) is 38.2 Å². The van der Waals surface area contributed by atoms with Crippen molar-refractivity contribution in [3.8, 4) is 11.5 Å². The number of ether oxygens (including phenoxy) is 1. The van der Waals surface area contributed by atoms with Gasteiger partial charge in [0.25, 0.3) is 0 Å². The van der Waals surface area contributed by atoms with E-state index in [2.05, 4.69) is 0 Å². The average molecular weight is 266 g/mol. The number of likely N-dealkylation sites (N-methyl/N-ethyl adjacent to an activating group) is 2. The Morgan fingerprint density at radius 2 is 2.05 bits per heavy atom.